The van der Waals surface area contributed by atoms with Crippen LogP contribution in [0.1, 0.15) is 24.8 Å². The smallest absolute Gasteiger partial charge is 0.256 e. The van der Waals surface area contributed by atoms with Gasteiger partial charge in [-0.25, -0.2) is 4.39 Å². The van der Waals surface area contributed by atoms with E-state index < -0.39 is 17.7 Å². The van der Waals surface area contributed by atoms with Crippen molar-refractivity contribution >= 4 is 15.9 Å². The van der Waals surface area contributed by atoms with E-state index in [-0.39, 0.29) is 11.6 Å². The largest absolute Gasteiger partial charge is 0.478 e. The number of ether oxygens (including phenoxy) is 1. The number of aryl methyl sites for hydroxylation is 1. The summed E-state index contributed by atoms with van der Waals surface area (Å²) in [6.07, 6.45) is -0.672. The highest BCUT2D eigenvalue weighted by Gasteiger charge is 2.18. The second-order valence-electron chi connectivity index (χ2n) is 3.62. The molecule has 0 unspecified atom stereocenters. The Balaban J connectivity index is 2.24. The molecule has 0 saturated heterocycles. The molecule has 1 atom stereocenters. The zero-order chi connectivity index (χ0) is 13.3. The molecule has 1 aromatic carbocycles. The van der Waals surface area contributed by atoms with Crippen molar-refractivity contribution in [1.29, 1.82) is 0 Å². The Kier molecular flexibility index (Phi) is 3.60. The van der Waals surface area contributed by atoms with E-state index in [1.807, 2.05) is 0 Å². The first-order valence-corrected chi connectivity index (χ1v) is 5.88. The monoisotopic (exact) mass is 318 g/mol. The van der Waals surface area contributed by atoms with Gasteiger partial charge in [0.05, 0.1) is 0 Å². The predicted octanol–water partition coefficient (Wildman–Crippen LogP) is 3.56. The van der Waals surface area contributed by atoms with Crippen LogP contribution in [0.5, 0.6) is 5.75 Å². The van der Waals surface area contributed by atoms with Crippen LogP contribution in [0.15, 0.2) is 21.0 Å². The first-order chi connectivity index (χ1) is 8.47. The quantitative estimate of drug-likeness (QED) is 0.812. The summed E-state index contributed by atoms with van der Waals surface area (Å²) in [5.41, 5.74) is 0. The van der Waals surface area contributed by atoms with Crippen molar-refractivity contribution in [1.82, 2.24) is 10.2 Å². The minimum atomic E-state index is -1.05. The molecule has 4 nitrogen and oxygen atoms in total. The van der Waals surface area contributed by atoms with Crippen molar-refractivity contribution in [2.75, 3.05) is 0 Å². The molecule has 18 heavy (non-hydrogen) atoms. The van der Waals surface area contributed by atoms with Gasteiger partial charge in [0.1, 0.15) is 0 Å². The molecular weight excluding hydrogens is 310 g/mol. The van der Waals surface area contributed by atoms with Gasteiger partial charge in [-0.15, -0.1) is 10.2 Å². The van der Waals surface area contributed by atoms with Crippen LogP contribution in [0.2, 0.25) is 0 Å². The lowest BCUT2D eigenvalue weighted by Gasteiger charge is -2.12. The lowest BCUT2D eigenvalue weighted by molar-refractivity contribution is 0.177. The molecule has 0 N–H and O–H groups in total. The van der Waals surface area contributed by atoms with Gasteiger partial charge < -0.3 is 9.15 Å². The van der Waals surface area contributed by atoms with Gasteiger partial charge in [0.2, 0.25) is 11.7 Å². The Labute approximate surface area is 110 Å². The van der Waals surface area contributed by atoms with E-state index in [2.05, 4.69) is 26.1 Å². The van der Waals surface area contributed by atoms with Crippen LogP contribution < -0.4 is 4.74 Å². The van der Waals surface area contributed by atoms with Crippen LogP contribution in [-0.2, 0) is 0 Å². The summed E-state index contributed by atoms with van der Waals surface area (Å²) in [4.78, 5) is 0. The third kappa shape index (κ3) is 2.66. The van der Waals surface area contributed by atoms with Crippen LogP contribution in [-0.4, -0.2) is 10.2 Å². The highest BCUT2D eigenvalue weighted by molar-refractivity contribution is 9.10. The summed E-state index contributed by atoms with van der Waals surface area (Å²) in [5.74, 6) is -1.69. The zero-order valence-corrected chi connectivity index (χ0v) is 11.2. The molecule has 2 aromatic rings. The summed E-state index contributed by atoms with van der Waals surface area (Å²) in [6, 6.07) is 2.35. The molecule has 96 valence electrons. The van der Waals surface area contributed by atoms with Gasteiger partial charge in [-0.05, 0) is 19.1 Å². The summed E-state index contributed by atoms with van der Waals surface area (Å²) in [7, 11) is 0. The van der Waals surface area contributed by atoms with Gasteiger partial charge in [0, 0.05) is 11.4 Å². The molecule has 0 fully saturated rings. The van der Waals surface area contributed by atoms with E-state index in [1.165, 1.54) is 6.07 Å². The highest BCUT2D eigenvalue weighted by atomic mass is 79.9. The summed E-state index contributed by atoms with van der Waals surface area (Å²) in [6.45, 7) is 3.23. The zero-order valence-electron chi connectivity index (χ0n) is 9.58. The lowest BCUT2D eigenvalue weighted by Crippen LogP contribution is -2.05. The van der Waals surface area contributed by atoms with Crippen molar-refractivity contribution in [3.8, 4) is 5.75 Å². The molecule has 0 radical (unpaired) electrons. The SMILES string of the molecule is Cc1nnc([C@H](C)Oc2cc(Br)cc(F)c2F)o1. The number of halogens is 3. The average Bonchev–Trinajstić information content (AvgIpc) is 2.72. The summed E-state index contributed by atoms with van der Waals surface area (Å²) in [5, 5.41) is 7.38. The summed E-state index contributed by atoms with van der Waals surface area (Å²) < 4.78 is 37.4. The third-order valence-electron chi connectivity index (χ3n) is 2.15. The molecule has 0 amide bonds. The van der Waals surface area contributed by atoms with E-state index in [0.29, 0.717) is 10.4 Å². The van der Waals surface area contributed by atoms with Crippen LogP contribution in [0.25, 0.3) is 0 Å². The van der Waals surface area contributed by atoms with Crippen LogP contribution in [0.4, 0.5) is 8.78 Å². The molecular formula is C11H9BrF2N2O2. The molecule has 0 aliphatic carbocycles. The van der Waals surface area contributed by atoms with Crippen LogP contribution in [0, 0.1) is 18.6 Å². The third-order valence-corrected chi connectivity index (χ3v) is 2.61. The van der Waals surface area contributed by atoms with Crippen molar-refractivity contribution in [3.63, 3.8) is 0 Å². The number of hydrogen-bond acceptors (Lipinski definition) is 4. The van der Waals surface area contributed by atoms with Gasteiger partial charge in [0.15, 0.2) is 17.7 Å². The van der Waals surface area contributed by atoms with Gasteiger partial charge in [0.25, 0.3) is 5.89 Å². The minimum absolute atomic E-state index is 0.201. The number of rotatable bonds is 3. The van der Waals surface area contributed by atoms with Crippen LogP contribution >= 0.6 is 15.9 Å². The molecule has 0 aliphatic rings. The van der Waals surface area contributed by atoms with E-state index in [9.17, 15) is 8.78 Å². The topological polar surface area (TPSA) is 48.2 Å². The molecule has 0 saturated carbocycles. The van der Waals surface area contributed by atoms with Gasteiger partial charge >= 0.3 is 0 Å². The second-order valence-corrected chi connectivity index (χ2v) is 4.53. The van der Waals surface area contributed by atoms with E-state index >= 15 is 0 Å². The maximum atomic E-state index is 13.5. The predicted molar refractivity (Wildman–Crippen MR) is 62.1 cm³/mol. The lowest BCUT2D eigenvalue weighted by atomic mass is 10.3. The fourth-order valence-corrected chi connectivity index (χ4v) is 1.74. The maximum Gasteiger partial charge on any atom is 0.256 e. The first kappa shape index (κ1) is 12.9. The van der Waals surface area contributed by atoms with Crippen molar-refractivity contribution in [2.45, 2.75) is 20.0 Å². The molecule has 2 rings (SSSR count). The van der Waals surface area contributed by atoms with E-state index in [0.717, 1.165) is 6.07 Å². The van der Waals surface area contributed by atoms with Gasteiger partial charge in [-0.2, -0.15) is 4.39 Å². The molecule has 7 heteroatoms. The molecule has 0 bridgehead atoms. The number of aromatic nitrogens is 2. The van der Waals surface area contributed by atoms with E-state index in [4.69, 9.17) is 9.15 Å². The number of hydrogen-bond donors (Lipinski definition) is 0. The second kappa shape index (κ2) is 5.01. The fraction of sp³-hybridized carbons (Fsp3) is 0.273. The van der Waals surface area contributed by atoms with Gasteiger partial charge in [-0.1, -0.05) is 15.9 Å². The Morgan fingerprint density at radius 2 is 2.06 bits per heavy atom. The Morgan fingerprint density at radius 1 is 1.33 bits per heavy atom. The van der Waals surface area contributed by atoms with Crippen LogP contribution in [0.3, 0.4) is 0 Å². The highest BCUT2D eigenvalue weighted by Crippen LogP contribution is 2.29. The van der Waals surface area contributed by atoms with Crippen molar-refractivity contribution < 1.29 is 17.9 Å². The molecule has 1 heterocycles. The van der Waals surface area contributed by atoms with Crippen molar-refractivity contribution in [3.05, 3.63) is 40.0 Å². The Hall–Kier alpha value is -1.50. The number of benzene rings is 1. The van der Waals surface area contributed by atoms with Crippen molar-refractivity contribution in [2.24, 2.45) is 0 Å². The Morgan fingerprint density at radius 3 is 2.67 bits per heavy atom. The Bertz CT molecular complexity index is 574. The molecule has 0 aliphatic heterocycles. The minimum Gasteiger partial charge on any atom is -0.478 e. The normalized spacial score (nSPS) is 12.5. The molecule has 0 spiro atoms. The first-order valence-electron chi connectivity index (χ1n) is 5.08. The van der Waals surface area contributed by atoms with E-state index in [1.54, 1.807) is 13.8 Å². The fourth-order valence-electron chi connectivity index (χ4n) is 1.34. The van der Waals surface area contributed by atoms with Gasteiger partial charge in [-0.3, -0.25) is 0 Å². The standard InChI is InChI=1S/C11H9BrF2N2O2/c1-5(11-16-15-6(2)18-11)17-9-4-7(12)3-8(13)10(9)14/h3-5H,1-2H3/t5-/m0/s1. The number of nitrogens with zero attached hydrogens (tertiary/aromatic N) is 2. The maximum absolute atomic E-state index is 13.5. The summed E-state index contributed by atoms with van der Waals surface area (Å²) >= 11 is 3.06. The molecule has 1 aromatic heterocycles. The average molecular weight is 319 g/mol.